The average Bonchev–Trinajstić information content (AvgIpc) is 2.55. The molecule has 0 saturated heterocycles. The average molecular weight is 327 g/mol. The van der Waals surface area contributed by atoms with Crippen molar-refractivity contribution in [1.29, 1.82) is 0 Å². The predicted octanol–water partition coefficient (Wildman–Crippen LogP) is 5.38. The first-order chi connectivity index (χ1) is 11.1. The molecule has 2 rings (SSSR count). The molecule has 1 atom stereocenters. The van der Waals surface area contributed by atoms with Crippen LogP contribution >= 0.6 is 11.8 Å². The summed E-state index contributed by atoms with van der Waals surface area (Å²) in [4.78, 5) is 12.2. The van der Waals surface area contributed by atoms with Gasteiger partial charge in [0.05, 0.1) is 5.75 Å². The smallest absolute Gasteiger partial charge is 0.234 e. The number of para-hydroxylation sites is 1. The molecule has 2 nitrogen and oxygen atoms in total. The van der Waals surface area contributed by atoms with E-state index in [1.54, 1.807) is 11.8 Å². The monoisotopic (exact) mass is 327 g/mol. The van der Waals surface area contributed by atoms with Crippen LogP contribution in [-0.2, 0) is 10.5 Å². The van der Waals surface area contributed by atoms with Gasteiger partial charge in [-0.25, -0.2) is 0 Å². The molecular formula is C20H25NOS. The maximum absolute atomic E-state index is 12.2. The number of hydrogen-bond donors (Lipinski definition) is 1. The summed E-state index contributed by atoms with van der Waals surface area (Å²) in [7, 11) is 0. The third-order valence-electron chi connectivity index (χ3n) is 3.96. The molecule has 0 bridgehead atoms. The molecule has 23 heavy (non-hydrogen) atoms. The Labute approximate surface area is 143 Å². The van der Waals surface area contributed by atoms with E-state index in [1.807, 2.05) is 18.2 Å². The van der Waals surface area contributed by atoms with Crippen LogP contribution < -0.4 is 5.32 Å². The van der Waals surface area contributed by atoms with Crippen LogP contribution in [0.5, 0.6) is 0 Å². The van der Waals surface area contributed by atoms with E-state index in [9.17, 15) is 4.79 Å². The van der Waals surface area contributed by atoms with Crippen LogP contribution in [0.25, 0.3) is 0 Å². The van der Waals surface area contributed by atoms with Crippen molar-refractivity contribution in [2.75, 3.05) is 11.1 Å². The Morgan fingerprint density at radius 1 is 1.17 bits per heavy atom. The molecule has 0 unspecified atom stereocenters. The fourth-order valence-corrected chi connectivity index (χ4v) is 3.29. The van der Waals surface area contributed by atoms with Crippen molar-refractivity contribution in [3.8, 4) is 0 Å². The second-order valence-electron chi connectivity index (χ2n) is 5.93. The molecule has 0 aliphatic rings. The molecule has 1 N–H and O–H groups in total. The van der Waals surface area contributed by atoms with Gasteiger partial charge in [-0.15, -0.1) is 11.8 Å². The maximum atomic E-state index is 12.2. The Bertz CT molecular complexity index is 654. The van der Waals surface area contributed by atoms with Crippen molar-refractivity contribution in [3.63, 3.8) is 0 Å². The first-order valence-electron chi connectivity index (χ1n) is 8.12. The number of thioether (sulfide) groups is 1. The molecule has 3 heteroatoms. The van der Waals surface area contributed by atoms with Crippen LogP contribution in [0.1, 0.15) is 42.9 Å². The van der Waals surface area contributed by atoms with E-state index in [1.165, 1.54) is 16.7 Å². The zero-order chi connectivity index (χ0) is 16.7. The van der Waals surface area contributed by atoms with E-state index in [0.29, 0.717) is 11.7 Å². The summed E-state index contributed by atoms with van der Waals surface area (Å²) in [6.07, 6.45) is 1.06. The van der Waals surface area contributed by atoms with Crippen molar-refractivity contribution < 1.29 is 4.79 Å². The van der Waals surface area contributed by atoms with Crippen molar-refractivity contribution in [2.24, 2.45) is 0 Å². The van der Waals surface area contributed by atoms with Gasteiger partial charge in [-0.2, -0.15) is 0 Å². The fourth-order valence-electron chi connectivity index (χ4n) is 2.51. The van der Waals surface area contributed by atoms with Crippen molar-refractivity contribution >= 4 is 23.4 Å². The van der Waals surface area contributed by atoms with Gasteiger partial charge in [0.2, 0.25) is 5.91 Å². The summed E-state index contributed by atoms with van der Waals surface area (Å²) in [5.41, 5.74) is 4.69. The summed E-state index contributed by atoms with van der Waals surface area (Å²) in [6, 6.07) is 16.5. The van der Waals surface area contributed by atoms with Crippen LogP contribution in [0.4, 0.5) is 5.69 Å². The highest BCUT2D eigenvalue weighted by Gasteiger charge is 2.11. The first kappa shape index (κ1) is 17.6. The van der Waals surface area contributed by atoms with E-state index >= 15 is 0 Å². The third kappa shape index (κ3) is 5.43. The quantitative estimate of drug-likeness (QED) is 0.739. The molecule has 2 aromatic rings. The van der Waals surface area contributed by atoms with Gasteiger partial charge in [0.15, 0.2) is 0 Å². The number of aryl methyl sites for hydroxylation is 1. The van der Waals surface area contributed by atoms with Gasteiger partial charge in [-0.05, 0) is 36.5 Å². The SMILES string of the molecule is CC[C@@H](C)c1ccccc1NC(=O)CSCc1cccc(C)c1. The number of carbonyl (C=O) groups excluding carboxylic acids is 1. The number of carbonyl (C=O) groups is 1. The van der Waals surface area contributed by atoms with Crippen LogP contribution in [0, 0.1) is 6.92 Å². The molecule has 0 saturated carbocycles. The minimum Gasteiger partial charge on any atom is -0.325 e. The van der Waals surface area contributed by atoms with Crippen LogP contribution in [0.3, 0.4) is 0 Å². The zero-order valence-corrected chi connectivity index (χ0v) is 15.0. The summed E-state index contributed by atoms with van der Waals surface area (Å²) in [5.74, 6) is 1.86. The summed E-state index contributed by atoms with van der Waals surface area (Å²) in [6.45, 7) is 6.45. The van der Waals surface area contributed by atoms with E-state index in [0.717, 1.165) is 17.9 Å². The van der Waals surface area contributed by atoms with Crippen molar-refractivity contribution in [3.05, 3.63) is 65.2 Å². The summed E-state index contributed by atoms with van der Waals surface area (Å²) in [5, 5.41) is 3.06. The largest absolute Gasteiger partial charge is 0.325 e. The molecule has 0 aliphatic heterocycles. The highest BCUT2D eigenvalue weighted by atomic mass is 32.2. The first-order valence-corrected chi connectivity index (χ1v) is 9.27. The van der Waals surface area contributed by atoms with E-state index in [4.69, 9.17) is 0 Å². The molecule has 1 amide bonds. The zero-order valence-electron chi connectivity index (χ0n) is 14.1. The third-order valence-corrected chi connectivity index (χ3v) is 4.97. The lowest BCUT2D eigenvalue weighted by molar-refractivity contribution is -0.113. The predicted molar refractivity (Wildman–Crippen MR) is 101 cm³/mol. The van der Waals surface area contributed by atoms with E-state index in [2.05, 4.69) is 56.4 Å². The lowest BCUT2D eigenvalue weighted by Crippen LogP contribution is -2.16. The molecule has 0 heterocycles. The molecule has 122 valence electrons. The minimum atomic E-state index is 0.0680. The fraction of sp³-hybridized carbons (Fsp3) is 0.350. The number of rotatable bonds is 7. The number of anilines is 1. The molecule has 0 spiro atoms. The number of hydrogen-bond acceptors (Lipinski definition) is 2. The standard InChI is InChI=1S/C20H25NOS/c1-4-16(3)18-10-5-6-11-19(18)21-20(22)14-23-13-17-9-7-8-15(2)12-17/h5-12,16H,4,13-14H2,1-3H3,(H,21,22)/t16-/m1/s1. The maximum Gasteiger partial charge on any atom is 0.234 e. The van der Waals surface area contributed by atoms with Crippen LogP contribution in [0.2, 0.25) is 0 Å². The van der Waals surface area contributed by atoms with Gasteiger partial charge < -0.3 is 5.32 Å². The lowest BCUT2D eigenvalue weighted by Gasteiger charge is -2.15. The number of amides is 1. The van der Waals surface area contributed by atoms with Gasteiger partial charge in [0.1, 0.15) is 0 Å². The molecule has 0 aliphatic carbocycles. The number of nitrogens with one attached hydrogen (secondary N) is 1. The highest BCUT2D eigenvalue weighted by Crippen LogP contribution is 2.26. The summed E-state index contributed by atoms with van der Waals surface area (Å²) >= 11 is 1.65. The second kappa shape index (κ2) is 8.78. The second-order valence-corrected chi connectivity index (χ2v) is 6.91. The highest BCUT2D eigenvalue weighted by molar-refractivity contribution is 7.99. The van der Waals surface area contributed by atoms with E-state index in [-0.39, 0.29) is 5.91 Å². The normalized spacial score (nSPS) is 12.0. The Kier molecular flexibility index (Phi) is 6.72. The van der Waals surface area contributed by atoms with Gasteiger partial charge in [0, 0.05) is 11.4 Å². The van der Waals surface area contributed by atoms with Crippen LogP contribution in [0.15, 0.2) is 48.5 Å². The molecule has 2 aromatic carbocycles. The Balaban J connectivity index is 1.88. The molecule has 0 aromatic heterocycles. The van der Waals surface area contributed by atoms with Gasteiger partial charge in [-0.1, -0.05) is 61.9 Å². The van der Waals surface area contributed by atoms with Crippen molar-refractivity contribution in [1.82, 2.24) is 0 Å². The molecule has 0 radical (unpaired) electrons. The van der Waals surface area contributed by atoms with Gasteiger partial charge in [-0.3, -0.25) is 4.79 Å². The van der Waals surface area contributed by atoms with Crippen molar-refractivity contribution in [2.45, 2.75) is 38.9 Å². The Hall–Kier alpha value is -1.74. The van der Waals surface area contributed by atoms with Crippen LogP contribution in [-0.4, -0.2) is 11.7 Å². The minimum absolute atomic E-state index is 0.0680. The van der Waals surface area contributed by atoms with Gasteiger partial charge in [0.25, 0.3) is 0 Å². The summed E-state index contributed by atoms with van der Waals surface area (Å²) < 4.78 is 0. The topological polar surface area (TPSA) is 29.1 Å². The van der Waals surface area contributed by atoms with Gasteiger partial charge >= 0.3 is 0 Å². The van der Waals surface area contributed by atoms with E-state index < -0.39 is 0 Å². The Morgan fingerprint density at radius 2 is 1.96 bits per heavy atom. The Morgan fingerprint density at radius 3 is 2.70 bits per heavy atom. The lowest BCUT2D eigenvalue weighted by atomic mass is 9.97. The number of benzene rings is 2. The molecule has 0 fully saturated rings. The molecular weight excluding hydrogens is 302 g/mol.